The number of fused-ring (bicyclic) bond motifs is 6. The highest BCUT2D eigenvalue weighted by molar-refractivity contribution is 5.95. The van der Waals surface area contributed by atoms with E-state index in [1.54, 1.807) is 19.2 Å². The number of amides is 2. The van der Waals surface area contributed by atoms with Crippen LogP contribution >= 0.6 is 0 Å². The summed E-state index contributed by atoms with van der Waals surface area (Å²) in [5.41, 5.74) is 9.43. The molecule has 4 aliphatic rings. The summed E-state index contributed by atoms with van der Waals surface area (Å²) >= 11 is 0. The van der Waals surface area contributed by atoms with Crippen LogP contribution < -0.4 is 27.0 Å². The van der Waals surface area contributed by atoms with Crippen molar-refractivity contribution in [2.45, 2.75) is 122 Å². The summed E-state index contributed by atoms with van der Waals surface area (Å²) in [6.07, 6.45) is 14.2. The quantitative estimate of drug-likeness (QED) is 0.0774. The maximum absolute atomic E-state index is 17.4. The van der Waals surface area contributed by atoms with Crippen molar-refractivity contribution >= 4 is 46.2 Å². The van der Waals surface area contributed by atoms with E-state index >= 15 is 4.39 Å². The summed E-state index contributed by atoms with van der Waals surface area (Å²) in [5.74, 6) is -1.67. The van der Waals surface area contributed by atoms with Crippen molar-refractivity contribution in [3.05, 3.63) is 65.5 Å². The molecule has 15 heteroatoms. The number of nitrogens with one attached hydrogen (secondary N) is 2. The lowest BCUT2D eigenvalue weighted by Gasteiger charge is -2.61. The molecule has 1 unspecified atom stereocenters. The summed E-state index contributed by atoms with van der Waals surface area (Å²) in [4.78, 5) is 57.6. The number of nitrogen functional groups attached to an aromatic ring is 2. The second-order valence-electron chi connectivity index (χ2n) is 18.4. The second kappa shape index (κ2) is 17.4. The van der Waals surface area contributed by atoms with Crippen molar-refractivity contribution in [2.75, 3.05) is 36.5 Å². The number of hydrogen-bond donors (Lipinski definition) is 6. The van der Waals surface area contributed by atoms with E-state index < -0.39 is 45.9 Å². The van der Waals surface area contributed by atoms with Gasteiger partial charge in [0.15, 0.2) is 34.0 Å². The fourth-order valence-electron chi connectivity index (χ4n) is 11.1. The van der Waals surface area contributed by atoms with Gasteiger partial charge in [0.2, 0.25) is 5.95 Å². The van der Waals surface area contributed by atoms with E-state index in [1.807, 2.05) is 56.1 Å². The van der Waals surface area contributed by atoms with Crippen LogP contribution in [-0.2, 0) is 16.1 Å². The van der Waals surface area contributed by atoms with Crippen LogP contribution in [0.15, 0.2) is 54.3 Å². The predicted octanol–water partition coefficient (Wildman–Crippen LogP) is 5.54. The Kier molecular flexibility index (Phi) is 12.6. The number of unbranched alkanes of at least 4 members (excludes halogenated alkanes) is 7. The van der Waals surface area contributed by atoms with Crippen LogP contribution in [0.5, 0.6) is 0 Å². The number of halogens is 1. The number of rotatable bonds is 16. The molecule has 7 rings (SSSR count). The molecule has 328 valence electrons. The number of nitrogens with two attached hydrogens (primary N) is 2. The summed E-state index contributed by atoms with van der Waals surface area (Å²) < 4.78 is 17.4. The van der Waals surface area contributed by atoms with Crippen molar-refractivity contribution < 1.29 is 29.0 Å². The normalized spacial score (nSPS) is 30.3. The molecule has 2 heterocycles. The highest BCUT2D eigenvalue weighted by atomic mass is 19.1. The Morgan fingerprint density at radius 2 is 1.61 bits per heavy atom. The molecule has 2 aromatic heterocycles. The first-order valence-corrected chi connectivity index (χ1v) is 22.0. The zero-order valence-electron chi connectivity index (χ0n) is 35.9. The molecule has 2 saturated carbocycles. The minimum absolute atomic E-state index is 0.0286. The van der Waals surface area contributed by atoms with Gasteiger partial charge < -0.3 is 37.2 Å². The molecule has 2 amide bonds. The first-order chi connectivity index (χ1) is 29.0. The summed E-state index contributed by atoms with van der Waals surface area (Å²) in [6.45, 7) is 7.01. The number of allylic oxidation sites excluding steroid dienone is 4. The first-order valence-electron chi connectivity index (χ1n) is 22.0. The van der Waals surface area contributed by atoms with Crippen molar-refractivity contribution in [3.8, 4) is 0 Å². The average molecular weight is 840 g/mol. The van der Waals surface area contributed by atoms with Crippen LogP contribution in [0.3, 0.4) is 0 Å². The Balaban J connectivity index is 0.769. The lowest BCUT2D eigenvalue weighted by molar-refractivity contribution is -0.215. The molecule has 14 nitrogen and oxygen atoms in total. The van der Waals surface area contributed by atoms with Gasteiger partial charge in [-0.3, -0.25) is 14.4 Å². The third-order valence-electron chi connectivity index (χ3n) is 14.7. The lowest BCUT2D eigenvalue weighted by atomic mass is 9.45. The number of nitrogens with zero attached hydrogens (tertiary/aromatic N) is 5. The van der Waals surface area contributed by atoms with E-state index in [-0.39, 0.29) is 42.2 Å². The lowest BCUT2D eigenvalue weighted by Crippen LogP contribution is -2.69. The Labute approximate surface area is 357 Å². The van der Waals surface area contributed by atoms with E-state index in [4.69, 9.17) is 11.5 Å². The van der Waals surface area contributed by atoms with Crippen molar-refractivity contribution in [1.29, 1.82) is 0 Å². The van der Waals surface area contributed by atoms with Crippen LogP contribution in [0.4, 0.5) is 21.8 Å². The molecular weight excluding hydrogens is 778 g/mol. The maximum atomic E-state index is 17.4. The number of anilines is 3. The van der Waals surface area contributed by atoms with E-state index in [1.165, 1.54) is 6.08 Å². The summed E-state index contributed by atoms with van der Waals surface area (Å²) in [5, 5.41) is 29.8. The Hall–Kier alpha value is -5.02. The van der Waals surface area contributed by atoms with Crippen LogP contribution in [-0.4, -0.2) is 85.3 Å². The smallest absolute Gasteiger partial charge is 0.252 e. The van der Waals surface area contributed by atoms with Gasteiger partial charge >= 0.3 is 0 Å². The zero-order valence-corrected chi connectivity index (χ0v) is 35.9. The molecule has 1 aromatic carbocycles. The molecule has 0 aliphatic heterocycles. The highest BCUT2D eigenvalue weighted by Crippen LogP contribution is 2.70. The largest absolute Gasteiger partial charge is 0.390 e. The second-order valence-corrected chi connectivity index (χ2v) is 18.4. The maximum Gasteiger partial charge on any atom is 0.252 e. The van der Waals surface area contributed by atoms with Gasteiger partial charge in [0.1, 0.15) is 0 Å². The van der Waals surface area contributed by atoms with E-state index in [0.717, 1.165) is 57.1 Å². The van der Waals surface area contributed by atoms with E-state index in [0.29, 0.717) is 60.5 Å². The van der Waals surface area contributed by atoms with Gasteiger partial charge in [-0.1, -0.05) is 70.1 Å². The molecule has 0 radical (unpaired) electrons. The number of benzene rings is 1. The van der Waals surface area contributed by atoms with Gasteiger partial charge in [0.25, 0.3) is 11.8 Å². The summed E-state index contributed by atoms with van der Waals surface area (Å²) in [6, 6.07) is 7.41. The van der Waals surface area contributed by atoms with Crippen molar-refractivity contribution in [2.24, 2.45) is 28.6 Å². The topological polar surface area (TPSA) is 223 Å². The number of aliphatic hydroxyl groups excluding tert-OH is 1. The van der Waals surface area contributed by atoms with E-state index in [9.17, 15) is 24.6 Å². The van der Waals surface area contributed by atoms with Gasteiger partial charge in [0.05, 0.1) is 24.5 Å². The molecule has 4 aliphatic carbocycles. The molecule has 0 bridgehead atoms. The summed E-state index contributed by atoms with van der Waals surface area (Å²) in [7, 11) is 1.93. The molecule has 2 fully saturated rings. The van der Waals surface area contributed by atoms with Crippen molar-refractivity contribution in [3.63, 3.8) is 0 Å². The minimum Gasteiger partial charge on any atom is -0.390 e. The van der Waals surface area contributed by atoms with Crippen LogP contribution in [0.2, 0.25) is 0 Å². The number of carbonyl (C=O) groups is 3. The fourth-order valence-corrected chi connectivity index (χ4v) is 11.1. The van der Waals surface area contributed by atoms with Gasteiger partial charge in [0, 0.05) is 54.6 Å². The molecule has 61 heavy (non-hydrogen) atoms. The molecule has 8 N–H and O–H groups in total. The Bertz CT molecular complexity index is 2200. The number of alkyl halides is 1. The van der Waals surface area contributed by atoms with Gasteiger partial charge in [-0.25, -0.2) is 14.4 Å². The van der Waals surface area contributed by atoms with Crippen molar-refractivity contribution in [1.82, 2.24) is 30.6 Å². The van der Waals surface area contributed by atoms with Gasteiger partial charge in [-0.05, 0) is 81.2 Å². The van der Waals surface area contributed by atoms with Crippen LogP contribution in [0.25, 0.3) is 11.2 Å². The number of carbonyl (C=O) groups excluding carboxylic acids is 3. The minimum atomic E-state index is -1.99. The fraction of sp³-hybridized carbons (Fsp3) is 0.587. The van der Waals surface area contributed by atoms with Crippen LogP contribution in [0.1, 0.15) is 114 Å². The van der Waals surface area contributed by atoms with Gasteiger partial charge in [-0.15, -0.1) is 0 Å². The third kappa shape index (κ3) is 7.99. The Morgan fingerprint density at radius 3 is 2.30 bits per heavy atom. The standard InChI is InChI=1S/C46H62FN9O5/c1-28-23-35-34-18-15-30-24-33(57)19-20-43(30,2)45(34,47)36(58)25-44(35,3)46(28,61)41(60)51-22-12-10-8-6-5-7-9-11-21-50-40(59)29-13-16-32(17-14-29)56(4)27-31-26-52-39-37(53-31)38(48)54-42(49)55-39/h13-17,19-20,26,28,34-36,58,61H,5-12,18,21-25,27H2,1-4H3,(H,50,59)(H,51,60)(H4,48,49,52,54,55)/t28-,34?,35+,36+,43+,44+,45+,46+/m1/s1. The van der Waals surface area contributed by atoms with E-state index in [2.05, 4.69) is 30.6 Å². The molecule has 0 saturated heterocycles. The van der Waals surface area contributed by atoms with Crippen LogP contribution in [0, 0.1) is 28.6 Å². The molecule has 0 spiro atoms. The highest BCUT2D eigenvalue weighted by Gasteiger charge is 2.75. The number of ketones is 1. The zero-order chi connectivity index (χ0) is 43.7. The number of aliphatic hydroxyl groups is 2. The predicted molar refractivity (Wildman–Crippen MR) is 233 cm³/mol. The monoisotopic (exact) mass is 839 g/mol. The third-order valence-corrected chi connectivity index (χ3v) is 14.7. The number of aromatic nitrogens is 4. The first kappa shape index (κ1) is 44.0. The number of hydrogen-bond acceptors (Lipinski definition) is 12. The SMILES string of the molecule is C[C@@H]1C[C@H]2C3CC=C4CC(=O)C=C[C@]4(C)[C@@]3(F)[C@@H](O)C[C@]2(C)[C@@]1(O)C(=O)NCCCCCCCCCCNC(=O)c1ccc(N(C)Cc2cnc3nc(N)nc(N)c3n2)cc1. The molecule has 8 atom stereocenters. The average Bonchev–Trinajstić information content (AvgIpc) is 3.43. The van der Waals surface area contributed by atoms with Gasteiger partial charge in [-0.2, -0.15) is 9.97 Å². The molecule has 3 aromatic rings. The Morgan fingerprint density at radius 1 is 0.951 bits per heavy atom. The molecular formula is C46H62FN9O5.